The molecule has 2 heterocycles. The van der Waals surface area contributed by atoms with Crippen LogP contribution in [0.25, 0.3) is 0 Å². The summed E-state index contributed by atoms with van der Waals surface area (Å²) in [7, 11) is -3.36. The molecule has 0 aromatic heterocycles. The van der Waals surface area contributed by atoms with Crippen LogP contribution in [-0.2, 0) is 10.2 Å². The first-order valence-electron chi connectivity index (χ1n) is 8.13. The maximum Gasteiger partial charge on any atom is 0.282 e. The van der Waals surface area contributed by atoms with Gasteiger partial charge in [0.15, 0.2) is 0 Å². The summed E-state index contributed by atoms with van der Waals surface area (Å²) in [6, 6.07) is 10.1. The molecule has 3 fully saturated rings. The van der Waals surface area contributed by atoms with Crippen molar-refractivity contribution in [3.8, 4) is 0 Å². The molecule has 2 bridgehead atoms. The maximum atomic E-state index is 12.9. The Hall–Kier alpha value is -0.950. The second-order valence-corrected chi connectivity index (χ2v) is 8.79. The molecule has 0 spiro atoms. The van der Waals surface area contributed by atoms with E-state index in [4.69, 9.17) is 5.73 Å². The van der Waals surface area contributed by atoms with Crippen LogP contribution in [0.2, 0.25) is 0 Å². The van der Waals surface area contributed by atoms with E-state index in [0.717, 1.165) is 18.4 Å². The Morgan fingerprint density at radius 1 is 1.05 bits per heavy atom. The van der Waals surface area contributed by atoms with Crippen molar-refractivity contribution in [1.82, 2.24) is 8.61 Å². The predicted molar refractivity (Wildman–Crippen MR) is 85.5 cm³/mol. The third kappa shape index (κ3) is 2.29. The SMILES string of the molecule is N[C@@H]1CN(S(=O)(=O)N2CC3CCC2C3)C[C@H]1c1ccccc1. The molecule has 2 aliphatic heterocycles. The molecule has 6 heteroatoms. The molecule has 2 N–H and O–H groups in total. The van der Waals surface area contributed by atoms with Gasteiger partial charge in [0.1, 0.15) is 0 Å². The van der Waals surface area contributed by atoms with Gasteiger partial charge in [0, 0.05) is 37.6 Å². The minimum atomic E-state index is -3.36. The van der Waals surface area contributed by atoms with Crippen LogP contribution in [0.1, 0.15) is 30.7 Å². The van der Waals surface area contributed by atoms with Crippen LogP contribution in [0.4, 0.5) is 0 Å². The van der Waals surface area contributed by atoms with Crippen LogP contribution in [0.15, 0.2) is 30.3 Å². The average molecular weight is 321 g/mol. The van der Waals surface area contributed by atoms with Crippen LogP contribution < -0.4 is 5.73 Å². The van der Waals surface area contributed by atoms with E-state index in [1.807, 2.05) is 30.3 Å². The Morgan fingerprint density at radius 2 is 1.82 bits per heavy atom. The average Bonchev–Trinajstić information content (AvgIpc) is 3.23. The first-order chi connectivity index (χ1) is 10.6. The molecule has 22 heavy (non-hydrogen) atoms. The number of fused-ring (bicyclic) bond motifs is 2. The van der Waals surface area contributed by atoms with Crippen LogP contribution in [0, 0.1) is 5.92 Å². The van der Waals surface area contributed by atoms with E-state index >= 15 is 0 Å². The number of rotatable bonds is 3. The standard InChI is InChI=1S/C16H23N3O2S/c17-16-11-18(10-15(16)13-4-2-1-3-5-13)22(20,21)19-9-12-6-7-14(19)8-12/h1-5,12,14-16H,6-11,17H2/t12?,14?,15-,16+/m0/s1. The van der Waals surface area contributed by atoms with Crippen molar-refractivity contribution >= 4 is 10.2 Å². The Morgan fingerprint density at radius 3 is 2.45 bits per heavy atom. The molecule has 0 amide bonds. The summed E-state index contributed by atoms with van der Waals surface area (Å²) >= 11 is 0. The third-order valence-electron chi connectivity index (χ3n) is 5.54. The lowest BCUT2D eigenvalue weighted by atomic mass is 9.95. The molecule has 2 unspecified atom stereocenters. The maximum absolute atomic E-state index is 12.9. The van der Waals surface area contributed by atoms with Crippen LogP contribution >= 0.6 is 0 Å². The highest BCUT2D eigenvalue weighted by Crippen LogP contribution is 2.40. The molecule has 0 radical (unpaired) electrons. The molecule has 4 atom stereocenters. The van der Waals surface area contributed by atoms with E-state index in [1.54, 1.807) is 8.61 Å². The largest absolute Gasteiger partial charge is 0.326 e. The summed E-state index contributed by atoms with van der Waals surface area (Å²) in [6.07, 6.45) is 3.25. The zero-order chi connectivity index (χ0) is 15.3. The van der Waals surface area contributed by atoms with Crippen molar-refractivity contribution in [2.75, 3.05) is 19.6 Å². The first-order valence-corrected chi connectivity index (χ1v) is 9.53. The van der Waals surface area contributed by atoms with Gasteiger partial charge in [-0.2, -0.15) is 17.0 Å². The lowest BCUT2D eigenvalue weighted by Gasteiger charge is -2.30. The molecular formula is C16H23N3O2S. The number of hydrogen-bond acceptors (Lipinski definition) is 3. The molecule has 5 nitrogen and oxygen atoms in total. The van der Waals surface area contributed by atoms with E-state index in [0.29, 0.717) is 25.6 Å². The second-order valence-electron chi connectivity index (χ2n) is 6.91. The zero-order valence-electron chi connectivity index (χ0n) is 12.6. The fourth-order valence-electron chi connectivity index (χ4n) is 4.34. The minimum absolute atomic E-state index is 0.0933. The highest BCUT2D eigenvalue weighted by Gasteiger charge is 2.48. The normalized spacial score (nSPS) is 36.2. The Labute approximate surface area is 132 Å². The van der Waals surface area contributed by atoms with Gasteiger partial charge in [-0.1, -0.05) is 30.3 Å². The van der Waals surface area contributed by atoms with Gasteiger partial charge in [0.2, 0.25) is 0 Å². The number of hydrogen-bond donors (Lipinski definition) is 1. The highest BCUT2D eigenvalue weighted by molar-refractivity contribution is 7.86. The van der Waals surface area contributed by atoms with Crippen LogP contribution in [0.5, 0.6) is 0 Å². The Kier molecular flexibility index (Phi) is 3.52. The zero-order valence-corrected chi connectivity index (χ0v) is 13.5. The molecule has 1 saturated carbocycles. The fourth-order valence-corrected chi connectivity index (χ4v) is 6.32. The topological polar surface area (TPSA) is 66.6 Å². The van der Waals surface area contributed by atoms with Gasteiger partial charge < -0.3 is 5.73 Å². The second kappa shape index (κ2) is 5.30. The van der Waals surface area contributed by atoms with Crippen molar-refractivity contribution in [3.63, 3.8) is 0 Å². The van der Waals surface area contributed by atoms with E-state index in [1.165, 1.54) is 6.42 Å². The van der Waals surface area contributed by atoms with Crippen LogP contribution in [0.3, 0.4) is 0 Å². The molecule has 2 saturated heterocycles. The third-order valence-corrected chi connectivity index (χ3v) is 7.53. The van der Waals surface area contributed by atoms with Gasteiger partial charge >= 0.3 is 0 Å². The smallest absolute Gasteiger partial charge is 0.282 e. The minimum Gasteiger partial charge on any atom is -0.326 e. The molecular weight excluding hydrogens is 298 g/mol. The number of piperidine rings is 1. The molecule has 1 aromatic rings. The molecule has 1 aromatic carbocycles. The first kappa shape index (κ1) is 14.6. The van der Waals surface area contributed by atoms with Gasteiger partial charge in [0.05, 0.1) is 0 Å². The van der Waals surface area contributed by atoms with E-state index in [9.17, 15) is 8.42 Å². The number of benzene rings is 1. The van der Waals surface area contributed by atoms with Gasteiger partial charge in [-0.3, -0.25) is 0 Å². The van der Waals surface area contributed by atoms with E-state index < -0.39 is 10.2 Å². The van der Waals surface area contributed by atoms with Gasteiger partial charge in [-0.25, -0.2) is 0 Å². The lowest BCUT2D eigenvalue weighted by Crippen LogP contribution is -2.46. The lowest BCUT2D eigenvalue weighted by molar-refractivity contribution is 0.304. The van der Waals surface area contributed by atoms with Crippen molar-refractivity contribution < 1.29 is 8.42 Å². The summed E-state index contributed by atoms with van der Waals surface area (Å²) in [5.74, 6) is 0.664. The number of nitrogens with two attached hydrogens (primary N) is 1. The summed E-state index contributed by atoms with van der Waals surface area (Å²) < 4.78 is 29.2. The summed E-state index contributed by atoms with van der Waals surface area (Å²) in [5, 5.41) is 0. The Bertz CT molecular complexity index is 649. The Balaban J connectivity index is 1.54. The monoisotopic (exact) mass is 321 g/mol. The quantitative estimate of drug-likeness (QED) is 0.908. The van der Waals surface area contributed by atoms with Crippen molar-refractivity contribution in [2.45, 2.75) is 37.3 Å². The van der Waals surface area contributed by atoms with Gasteiger partial charge in [-0.05, 0) is 30.7 Å². The summed E-state index contributed by atoms with van der Waals surface area (Å²) in [4.78, 5) is 0. The van der Waals surface area contributed by atoms with E-state index in [2.05, 4.69) is 0 Å². The summed E-state index contributed by atoms with van der Waals surface area (Å²) in [6.45, 7) is 1.63. The van der Waals surface area contributed by atoms with Crippen molar-refractivity contribution in [3.05, 3.63) is 35.9 Å². The van der Waals surface area contributed by atoms with Crippen LogP contribution in [-0.4, -0.2) is 48.7 Å². The van der Waals surface area contributed by atoms with Crippen molar-refractivity contribution in [2.24, 2.45) is 11.7 Å². The van der Waals surface area contributed by atoms with Gasteiger partial charge in [0.25, 0.3) is 10.2 Å². The van der Waals surface area contributed by atoms with Crippen molar-refractivity contribution in [1.29, 1.82) is 0 Å². The molecule has 4 rings (SSSR count). The predicted octanol–water partition coefficient (Wildman–Crippen LogP) is 1.14. The van der Waals surface area contributed by atoms with Gasteiger partial charge in [-0.15, -0.1) is 0 Å². The van der Waals surface area contributed by atoms with E-state index in [-0.39, 0.29) is 18.0 Å². The highest BCUT2D eigenvalue weighted by atomic mass is 32.2. The molecule has 1 aliphatic carbocycles. The molecule has 120 valence electrons. The summed E-state index contributed by atoms with van der Waals surface area (Å²) in [5.41, 5.74) is 7.38. The molecule has 3 aliphatic rings. The fraction of sp³-hybridized carbons (Fsp3) is 0.625. The number of nitrogens with zero attached hydrogens (tertiary/aromatic N) is 2.